The zero-order chi connectivity index (χ0) is 17.5. The van der Waals surface area contributed by atoms with Crippen molar-refractivity contribution in [2.45, 2.75) is 13.3 Å². The number of aryl methyl sites for hydroxylation is 1. The molecule has 0 fully saturated rings. The standard InChI is InChI=1S/C17H20N2O4S/c1-4-12-6-8-15(24-12)17(21)18-11-5-7-14(23-3)13(9-11)19-16(20)10-22-2/h5-9H,4,10H2,1-3H3,(H,18,21)(H,19,20). The molecule has 0 aliphatic rings. The van der Waals surface area contributed by atoms with Gasteiger partial charge < -0.3 is 20.1 Å². The fourth-order valence-electron chi connectivity index (χ4n) is 2.08. The fraction of sp³-hybridized carbons (Fsp3) is 0.294. The summed E-state index contributed by atoms with van der Waals surface area (Å²) < 4.78 is 10.0. The predicted molar refractivity (Wildman–Crippen MR) is 95.1 cm³/mol. The van der Waals surface area contributed by atoms with E-state index in [0.29, 0.717) is 22.0 Å². The van der Waals surface area contributed by atoms with Crippen LogP contribution in [0, 0.1) is 0 Å². The van der Waals surface area contributed by atoms with Crippen LogP contribution in [-0.4, -0.2) is 32.6 Å². The molecule has 7 heteroatoms. The molecule has 0 atom stereocenters. The second-order valence-electron chi connectivity index (χ2n) is 4.97. The smallest absolute Gasteiger partial charge is 0.265 e. The Kier molecular flexibility index (Phi) is 6.34. The molecule has 1 aromatic heterocycles. The second kappa shape index (κ2) is 8.47. The lowest BCUT2D eigenvalue weighted by molar-refractivity contribution is -0.119. The number of ether oxygens (including phenoxy) is 2. The summed E-state index contributed by atoms with van der Waals surface area (Å²) in [4.78, 5) is 25.8. The topological polar surface area (TPSA) is 76.7 Å². The van der Waals surface area contributed by atoms with Gasteiger partial charge in [-0.15, -0.1) is 11.3 Å². The Morgan fingerprint density at radius 2 is 1.92 bits per heavy atom. The van der Waals surface area contributed by atoms with Crippen LogP contribution in [-0.2, 0) is 16.0 Å². The summed E-state index contributed by atoms with van der Waals surface area (Å²) in [6.45, 7) is 1.99. The number of hydrogen-bond donors (Lipinski definition) is 2. The lowest BCUT2D eigenvalue weighted by Gasteiger charge is -2.12. The zero-order valence-electron chi connectivity index (χ0n) is 13.8. The van der Waals surface area contributed by atoms with Crippen molar-refractivity contribution in [2.24, 2.45) is 0 Å². The number of thiophene rings is 1. The highest BCUT2D eigenvalue weighted by atomic mass is 32.1. The average molecular weight is 348 g/mol. The molecule has 6 nitrogen and oxygen atoms in total. The molecule has 2 amide bonds. The van der Waals surface area contributed by atoms with Crippen molar-refractivity contribution in [1.82, 2.24) is 0 Å². The highest BCUT2D eigenvalue weighted by Gasteiger charge is 2.12. The molecule has 0 saturated heterocycles. The van der Waals surface area contributed by atoms with Crippen LogP contribution in [0.15, 0.2) is 30.3 Å². The van der Waals surface area contributed by atoms with Gasteiger partial charge in [0.1, 0.15) is 12.4 Å². The van der Waals surface area contributed by atoms with Gasteiger partial charge in [0.15, 0.2) is 0 Å². The number of anilines is 2. The second-order valence-corrected chi connectivity index (χ2v) is 6.14. The first-order valence-corrected chi connectivity index (χ1v) is 8.26. The SMILES string of the molecule is CCc1ccc(C(=O)Nc2ccc(OC)c(NC(=O)COC)c2)s1. The number of rotatable bonds is 7. The Balaban J connectivity index is 2.15. The van der Waals surface area contributed by atoms with Crippen molar-refractivity contribution < 1.29 is 19.1 Å². The molecule has 1 aromatic carbocycles. The lowest BCUT2D eigenvalue weighted by atomic mass is 10.2. The van der Waals surface area contributed by atoms with E-state index in [1.54, 1.807) is 18.2 Å². The summed E-state index contributed by atoms with van der Waals surface area (Å²) >= 11 is 1.47. The Morgan fingerprint density at radius 1 is 1.12 bits per heavy atom. The summed E-state index contributed by atoms with van der Waals surface area (Å²) in [5, 5.41) is 5.52. The van der Waals surface area contributed by atoms with Crippen molar-refractivity contribution in [3.8, 4) is 5.75 Å². The molecule has 0 bridgehead atoms. The minimum absolute atomic E-state index is 0.0608. The molecule has 2 N–H and O–H groups in total. The molecule has 2 rings (SSSR count). The van der Waals surface area contributed by atoms with E-state index in [9.17, 15) is 9.59 Å². The molecule has 24 heavy (non-hydrogen) atoms. The minimum atomic E-state index is -0.301. The first-order chi connectivity index (χ1) is 11.6. The highest BCUT2D eigenvalue weighted by Crippen LogP contribution is 2.28. The van der Waals surface area contributed by atoms with Gasteiger partial charge in [-0.1, -0.05) is 6.92 Å². The first kappa shape index (κ1) is 18.0. The maximum Gasteiger partial charge on any atom is 0.265 e. The molecule has 0 saturated carbocycles. The van der Waals surface area contributed by atoms with Crippen molar-refractivity contribution in [3.63, 3.8) is 0 Å². The fourth-order valence-corrected chi connectivity index (χ4v) is 2.93. The number of carbonyl (C=O) groups is 2. The van der Waals surface area contributed by atoms with E-state index in [1.807, 2.05) is 19.1 Å². The number of methoxy groups -OCH3 is 2. The van der Waals surface area contributed by atoms with Crippen LogP contribution >= 0.6 is 11.3 Å². The van der Waals surface area contributed by atoms with Crippen LogP contribution in [0.4, 0.5) is 11.4 Å². The van der Waals surface area contributed by atoms with E-state index in [2.05, 4.69) is 10.6 Å². The summed E-state index contributed by atoms with van der Waals surface area (Å²) in [5.41, 5.74) is 1.04. The van der Waals surface area contributed by atoms with E-state index in [1.165, 1.54) is 25.6 Å². The van der Waals surface area contributed by atoms with E-state index < -0.39 is 0 Å². The molecule has 128 valence electrons. The maximum absolute atomic E-state index is 12.3. The van der Waals surface area contributed by atoms with Gasteiger partial charge in [0, 0.05) is 17.7 Å². The molecule has 2 aromatic rings. The van der Waals surface area contributed by atoms with Crippen LogP contribution < -0.4 is 15.4 Å². The minimum Gasteiger partial charge on any atom is -0.495 e. The molecule has 0 spiro atoms. The van der Waals surface area contributed by atoms with E-state index in [0.717, 1.165) is 11.3 Å². The highest BCUT2D eigenvalue weighted by molar-refractivity contribution is 7.14. The van der Waals surface area contributed by atoms with Crippen molar-refractivity contribution >= 4 is 34.5 Å². The molecule has 1 heterocycles. The van der Waals surface area contributed by atoms with Crippen LogP contribution in [0.2, 0.25) is 0 Å². The van der Waals surface area contributed by atoms with Crippen LogP contribution in [0.25, 0.3) is 0 Å². The molecular formula is C17H20N2O4S. The molecule has 0 radical (unpaired) electrons. The zero-order valence-corrected chi connectivity index (χ0v) is 14.7. The molecule has 0 aliphatic carbocycles. The summed E-state index contributed by atoms with van der Waals surface area (Å²) in [6, 6.07) is 8.81. The van der Waals surface area contributed by atoms with E-state index in [-0.39, 0.29) is 18.4 Å². The van der Waals surface area contributed by atoms with Gasteiger partial charge in [0.25, 0.3) is 5.91 Å². The third kappa shape index (κ3) is 4.56. The van der Waals surface area contributed by atoms with E-state index in [4.69, 9.17) is 9.47 Å². The van der Waals surface area contributed by atoms with Crippen molar-refractivity contribution in [1.29, 1.82) is 0 Å². The first-order valence-electron chi connectivity index (χ1n) is 7.44. The number of amides is 2. The van der Waals surface area contributed by atoms with Crippen LogP contribution in [0.5, 0.6) is 5.75 Å². The van der Waals surface area contributed by atoms with Gasteiger partial charge in [-0.2, -0.15) is 0 Å². The normalized spacial score (nSPS) is 10.3. The van der Waals surface area contributed by atoms with Gasteiger partial charge >= 0.3 is 0 Å². The van der Waals surface area contributed by atoms with Crippen LogP contribution in [0.3, 0.4) is 0 Å². The van der Waals surface area contributed by atoms with Gasteiger partial charge in [-0.25, -0.2) is 0 Å². The monoisotopic (exact) mass is 348 g/mol. The lowest BCUT2D eigenvalue weighted by Crippen LogP contribution is -2.18. The number of carbonyl (C=O) groups excluding carboxylic acids is 2. The summed E-state index contributed by atoms with van der Waals surface area (Å²) in [7, 11) is 2.95. The quantitative estimate of drug-likeness (QED) is 0.806. The molecular weight excluding hydrogens is 328 g/mol. The Hall–Kier alpha value is -2.38. The average Bonchev–Trinajstić information content (AvgIpc) is 3.04. The Labute approximate surface area is 144 Å². The summed E-state index contributed by atoms with van der Waals surface area (Å²) in [6.07, 6.45) is 0.899. The van der Waals surface area contributed by atoms with Gasteiger partial charge in [-0.05, 0) is 36.8 Å². The third-order valence-corrected chi connectivity index (χ3v) is 4.47. The Morgan fingerprint density at radius 3 is 2.54 bits per heavy atom. The van der Waals surface area contributed by atoms with Crippen molar-refractivity contribution in [2.75, 3.05) is 31.5 Å². The molecule has 0 aliphatic heterocycles. The van der Waals surface area contributed by atoms with Crippen molar-refractivity contribution in [3.05, 3.63) is 40.1 Å². The molecule has 0 unspecified atom stereocenters. The van der Waals surface area contributed by atoms with Gasteiger partial charge in [0.05, 0.1) is 17.7 Å². The van der Waals surface area contributed by atoms with Gasteiger partial charge in [0.2, 0.25) is 5.91 Å². The Bertz CT molecular complexity index is 727. The van der Waals surface area contributed by atoms with Gasteiger partial charge in [-0.3, -0.25) is 9.59 Å². The predicted octanol–water partition coefficient (Wildman–Crippen LogP) is 3.16. The summed E-state index contributed by atoms with van der Waals surface area (Å²) in [5.74, 6) is 0.0194. The number of benzene rings is 1. The number of hydrogen-bond acceptors (Lipinski definition) is 5. The largest absolute Gasteiger partial charge is 0.495 e. The number of nitrogens with one attached hydrogen (secondary N) is 2. The van der Waals surface area contributed by atoms with E-state index >= 15 is 0 Å². The maximum atomic E-state index is 12.3. The van der Waals surface area contributed by atoms with Crippen LogP contribution in [0.1, 0.15) is 21.5 Å². The third-order valence-electron chi connectivity index (χ3n) is 3.24.